The van der Waals surface area contributed by atoms with E-state index in [4.69, 9.17) is 10.5 Å². The van der Waals surface area contributed by atoms with Crippen molar-refractivity contribution in [3.05, 3.63) is 30.1 Å². The summed E-state index contributed by atoms with van der Waals surface area (Å²) < 4.78 is 6.17. The van der Waals surface area contributed by atoms with Crippen LogP contribution in [-0.2, 0) is 4.74 Å². The Kier molecular flexibility index (Phi) is 5.14. The zero-order valence-electron chi connectivity index (χ0n) is 11.2. The van der Waals surface area contributed by atoms with Crippen LogP contribution < -0.4 is 5.73 Å². The standard InChI is InChI=1S/C15H24N2O/c1-2-12-6-5-7-13(10-12)18-15(11-16)14-8-3-4-9-17-14/h3-4,8-9,12-13,15H,2,5-7,10-11,16H2,1H3. The minimum Gasteiger partial charge on any atom is -0.367 e. The normalized spacial score (nSPS) is 25.9. The second kappa shape index (κ2) is 6.86. The molecular formula is C15H24N2O. The molecule has 1 aromatic heterocycles. The first-order chi connectivity index (χ1) is 8.83. The van der Waals surface area contributed by atoms with Crippen LogP contribution >= 0.6 is 0 Å². The number of rotatable bonds is 5. The second-order valence-corrected chi connectivity index (χ2v) is 5.18. The maximum atomic E-state index is 6.17. The fourth-order valence-electron chi connectivity index (χ4n) is 2.78. The second-order valence-electron chi connectivity index (χ2n) is 5.18. The molecule has 1 fully saturated rings. The molecule has 3 heteroatoms. The Labute approximate surface area is 110 Å². The van der Waals surface area contributed by atoms with Gasteiger partial charge < -0.3 is 10.5 Å². The van der Waals surface area contributed by atoms with Gasteiger partial charge in [0.1, 0.15) is 6.10 Å². The first-order valence-corrected chi connectivity index (χ1v) is 7.10. The van der Waals surface area contributed by atoms with Crippen LogP contribution in [0.1, 0.15) is 50.8 Å². The van der Waals surface area contributed by atoms with Crippen molar-refractivity contribution in [3.63, 3.8) is 0 Å². The fraction of sp³-hybridized carbons (Fsp3) is 0.667. The molecule has 3 unspecified atom stereocenters. The first-order valence-electron chi connectivity index (χ1n) is 7.10. The Morgan fingerprint density at radius 1 is 1.44 bits per heavy atom. The maximum Gasteiger partial charge on any atom is 0.112 e. The molecule has 0 radical (unpaired) electrons. The molecule has 0 bridgehead atoms. The van der Waals surface area contributed by atoms with E-state index < -0.39 is 0 Å². The molecule has 0 saturated heterocycles. The number of nitrogens with zero attached hydrogens (tertiary/aromatic N) is 1. The maximum absolute atomic E-state index is 6.17. The molecule has 100 valence electrons. The number of hydrogen-bond acceptors (Lipinski definition) is 3. The Balaban J connectivity index is 1.94. The molecule has 1 aliphatic carbocycles. The molecule has 0 amide bonds. The van der Waals surface area contributed by atoms with E-state index in [0.29, 0.717) is 12.6 Å². The first kappa shape index (κ1) is 13.5. The van der Waals surface area contributed by atoms with Crippen molar-refractivity contribution in [2.24, 2.45) is 11.7 Å². The van der Waals surface area contributed by atoms with Crippen molar-refractivity contribution >= 4 is 0 Å². The molecule has 1 aromatic rings. The van der Waals surface area contributed by atoms with Crippen molar-refractivity contribution in [1.82, 2.24) is 4.98 Å². The fourth-order valence-corrected chi connectivity index (χ4v) is 2.78. The van der Waals surface area contributed by atoms with Crippen molar-refractivity contribution in [2.45, 2.75) is 51.2 Å². The third-order valence-electron chi connectivity index (χ3n) is 3.90. The van der Waals surface area contributed by atoms with Crippen LogP contribution in [-0.4, -0.2) is 17.6 Å². The highest BCUT2D eigenvalue weighted by Gasteiger charge is 2.24. The minimum absolute atomic E-state index is 0.0493. The summed E-state index contributed by atoms with van der Waals surface area (Å²) in [6.45, 7) is 2.77. The predicted octanol–water partition coefficient (Wildman–Crippen LogP) is 3.07. The summed E-state index contributed by atoms with van der Waals surface area (Å²) in [7, 11) is 0. The number of nitrogens with two attached hydrogens (primary N) is 1. The highest BCUT2D eigenvalue weighted by Crippen LogP contribution is 2.31. The van der Waals surface area contributed by atoms with Crippen LogP contribution in [0.15, 0.2) is 24.4 Å². The summed E-state index contributed by atoms with van der Waals surface area (Å²) in [4.78, 5) is 4.35. The van der Waals surface area contributed by atoms with E-state index in [1.54, 1.807) is 6.20 Å². The van der Waals surface area contributed by atoms with Crippen molar-refractivity contribution in [1.29, 1.82) is 0 Å². The van der Waals surface area contributed by atoms with Crippen LogP contribution in [0, 0.1) is 5.92 Å². The highest BCUT2D eigenvalue weighted by atomic mass is 16.5. The van der Waals surface area contributed by atoms with Crippen LogP contribution in [0.3, 0.4) is 0 Å². The molecule has 3 nitrogen and oxygen atoms in total. The Hall–Kier alpha value is -0.930. The van der Waals surface area contributed by atoms with Crippen molar-refractivity contribution in [2.75, 3.05) is 6.54 Å². The highest BCUT2D eigenvalue weighted by molar-refractivity contribution is 5.07. The topological polar surface area (TPSA) is 48.1 Å². The van der Waals surface area contributed by atoms with E-state index in [-0.39, 0.29) is 6.10 Å². The van der Waals surface area contributed by atoms with Gasteiger partial charge in [-0.15, -0.1) is 0 Å². The quantitative estimate of drug-likeness (QED) is 0.871. The van der Waals surface area contributed by atoms with Crippen LogP contribution in [0.4, 0.5) is 0 Å². The summed E-state index contributed by atoms with van der Waals surface area (Å²) in [6, 6.07) is 5.91. The van der Waals surface area contributed by atoms with E-state index in [1.165, 1.54) is 32.1 Å². The van der Waals surface area contributed by atoms with E-state index in [0.717, 1.165) is 11.6 Å². The van der Waals surface area contributed by atoms with Gasteiger partial charge in [-0.3, -0.25) is 4.98 Å². The van der Waals surface area contributed by atoms with E-state index >= 15 is 0 Å². The van der Waals surface area contributed by atoms with Gasteiger partial charge >= 0.3 is 0 Å². The lowest BCUT2D eigenvalue weighted by molar-refractivity contribution is -0.0399. The largest absolute Gasteiger partial charge is 0.367 e. The van der Waals surface area contributed by atoms with E-state index in [2.05, 4.69) is 11.9 Å². The van der Waals surface area contributed by atoms with Gasteiger partial charge in [-0.1, -0.05) is 32.3 Å². The van der Waals surface area contributed by atoms with E-state index in [1.807, 2.05) is 18.2 Å². The summed E-state index contributed by atoms with van der Waals surface area (Å²) in [5.41, 5.74) is 6.78. The number of pyridine rings is 1. The molecule has 3 atom stereocenters. The van der Waals surface area contributed by atoms with Gasteiger partial charge in [0, 0.05) is 12.7 Å². The molecule has 0 spiro atoms. The third kappa shape index (κ3) is 3.53. The average molecular weight is 248 g/mol. The van der Waals surface area contributed by atoms with Gasteiger partial charge in [0.15, 0.2) is 0 Å². The van der Waals surface area contributed by atoms with Crippen LogP contribution in [0.2, 0.25) is 0 Å². The third-order valence-corrected chi connectivity index (χ3v) is 3.90. The molecule has 18 heavy (non-hydrogen) atoms. The summed E-state index contributed by atoms with van der Waals surface area (Å²) >= 11 is 0. The van der Waals surface area contributed by atoms with Gasteiger partial charge in [-0.05, 0) is 30.9 Å². The molecular weight excluding hydrogens is 224 g/mol. The van der Waals surface area contributed by atoms with Gasteiger partial charge in [0.25, 0.3) is 0 Å². The van der Waals surface area contributed by atoms with E-state index in [9.17, 15) is 0 Å². The Bertz CT molecular complexity index is 342. The lowest BCUT2D eigenvalue weighted by atomic mass is 9.85. The number of aromatic nitrogens is 1. The van der Waals surface area contributed by atoms with Crippen molar-refractivity contribution < 1.29 is 4.74 Å². The summed E-state index contributed by atoms with van der Waals surface area (Å²) in [5, 5.41) is 0. The van der Waals surface area contributed by atoms with Crippen molar-refractivity contribution in [3.8, 4) is 0 Å². The molecule has 2 N–H and O–H groups in total. The van der Waals surface area contributed by atoms with Gasteiger partial charge in [-0.25, -0.2) is 0 Å². The zero-order chi connectivity index (χ0) is 12.8. The van der Waals surface area contributed by atoms with Crippen LogP contribution in [0.25, 0.3) is 0 Å². The molecule has 1 saturated carbocycles. The summed E-state index contributed by atoms with van der Waals surface area (Å²) in [6.07, 6.45) is 8.36. The average Bonchev–Trinajstić information content (AvgIpc) is 2.46. The summed E-state index contributed by atoms with van der Waals surface area (Å²) in [5.74, 6) is 0.825. The Morgan fingerprint density at radius 2 is 2.33 bits per heavy atom. The molecule has 1 aliphatic rings. The minimum atomic E-state index is -0.0493. The van der Waals surface area contributed by atoms with Crippen LogP contribution in [0.5, 0.6) is 0 Å². The van der Waals surface area contributed by atoms with Gasteiger partial charge in [0.2, 0.25) is 0 Å². The Morgan fingerprint density at radius 3 is 3.00 bits per heavy atom. The monoisotopic (exact) mass is 248 g/mol. The van der Waals surface area contributed by atoms with Gasteiger partial charge in [0.05, 0.1) is 11.8 Å². The molecule has 1 heterocycles. The predicted molar refractivity (Wildman–Crippen MR) is 73.2 cm³/mol. The number of hydrogen-bond donors (Lipinski definition) is 1. The lowest BCUT2D eigenvalue weighted by Gasteiger charge is -2.31. The zero-order valence-corrected chi connectivity index (χ0v) is 11.2. The smallest absolute Gasteiger partial charge is 0.112 e. The molecule has 0 aliphatic heterocycles. The lowest BCUT2D eigenvalue weighted by Crippen LogP contribution is -2.28. The molecule has 0 aromatic carbocycles. The number of ether oxygens (including phenoxy) is 1. The molecule has 2 rings (SSSR count). The SMILES string of the molecule is CCC1CCCC(OC(CN)c2ccccn2)C1. The van der Waals surface area contributed by atoms with Gasteiger partial charge in [-0.2, -0.15) is 0 Å².